The molecule has 5 heteroatoms. The van der Waals surface area contributed by atoms with Crippen molar-refractivity contribution < 1.29 is 23.8 Å². The Morgan fingerprint density at radius 3 is 2.32 bits per heavy atom. The fraction of sp³-hybridized carbons (Fsp3) is 0.300. The summed E-state index contributed by atoms with van der Waals surface area (Å²) < 4.78 is 15.5. The van der Waals surface area contributed by atoms with Crippen LogP contribution in [0.1, 0.15) is 27.0 Å². The first-order valence-electron chi connectivity index (χ1n) is 7.91. The van der Waals surface area contributed by atoms with E-state index in [0.717, 1.165) is 11.1 Å². The van der Waals surface area contributed by atoms with Crippen molar-refractivity contribution in [3.05, 3.63) is 58.7 Å². The van der Waals surface area contributed by atoms with Crippen LogP contribution >= 0.6 is 0 Å². The topological polar surface area (TPSA) is 61.8 Å². The summed E-state index contributed by atoms with van der Waals surface area (Å²) in [5.41, 5.74) is 3.35. The summed E-state index contributed by atoms with van der Waals surface area (Å²) in [5.74, 6) is 0.467. The van der Waals surface area contributed by atoms with Gasteiger partial charge < -0.3 is 14.2 Å². The third-order valence-electron chi connectivity index (χ3n) is 4.02. The summed E-state index contributed by atoms with van der Waals surface area (Å²) >= 11 is 0. The lowest BCUT2D eigenvalue weighted by atomic mass is 10.0. The van der Waals surface area contributed by atoms with Crippen molar-refractivity contribution in [2.45, 2.75) is 20.3 Å². The summed E-state index contributed by atoms with van der Waals surface area (Å²) in [7, 11) is 3.08. The normalized spacial score (nSPS) is 10.2. The number of hydrogen-bond acceptors (Lipinski definition) is 5. The van der Waals surface area contributed by atoms with Gasteiger partial charge >= 0.3 is 5.97 Å². The highest BCUT2D eigenvalue weighted by molar-refractivity contribution is 5.98. The molecule has 0 saturated carbocycles. The van der Waals surface area contributed by atoms with E-state index in [0.29, 0.717) is 22.6 Å². The summed E-state index contributed by atoms with van der Waals surface area (Å²) in [5, 5.41) is 0. The number of aryl methyl sites for hydroxylation is 2. The van der Waals surface area contributed by atoms with Crippen molar-refractivity contribution in [2.24, 2.45) is 0 Å². The van der Waals surface area contributed by atoms with Crippen LogP contribution in [0.25, 0.3) is 0 Å². The lowest BCUT2D eigenvalue weighted by Crippen LogP contribution is -2.16. The van der Waals surface area contributed by atoms with Crippen LogP contribution in [-0.4, -0.2) is 32.6 Å². The van der Waals surface area contributed by atoms with E-state index in [1.807, 2.05) is 19.9 Å². The van der Waals surface area contributed by atoms with Gasteiger partial charge in [0.1, 0.15) is 11.5 Å². The molecule has 0 aliphatic carbocycles. The largest absolute Gasteiger partial charge is 0.497 e. The summed E-state index contributed by atoms with van der Waals surface area (Å²) in [6.45, 7) is 3.64. The molecule has 2 rings (SSSR count). The molecule has 25 heavy (non-hydrogen) atoms. The van der Waals surface area contributed by atoms with Crippen LogP contribution in [0.3, 0.4) is 0 Å². The zero-order chi connectivity index (χ0) is 18.4. The van der Waals surface area contributed by atoms with E-state index in [1.54, 1.807) is 37.4 Å². The Balaban J connectivity index is 1.96. The average molecular weight is 342 g/mol. The molecule has 0 N–H and O–H groups in total. The Morgan fingerprint density at radius 2 is 1.68 bits per heavy atom. The van der Waals surface area contributed by atoms with Crippen molar-refractivity contribution in [1.29, 1.82) is 0 Å². The molecule has 0 aromatic heterocycles. The molecule has 0 aliphatic heterocycles. The minimum absolute atomic E-state index is 0.0212. The van der Waals surface area contributed by atoms with E-state index in [9.17, 15) is 9.59 Å². The molecule has 0 heterocycles. The van der Waals surface area contributed by atoms with Gasteiger partial charge in [-0.25, -0.2) is 0 Å². The van der Waals surface area contributed by atoms with Gasteiger partial charge in [-0.3, -0.25) is 9.59 Å². The van der Waals surface area contributed by atoms with Crippen molar-refractivity contribution >= 4 is 11.8 Å². The maximum absolute atomic E-state index is 12.2. The number of hydrogen-bond donors (Lipinski definition) is 0. The van der Waals surface area contributed by atoms with Crippen LogP contribution in [-0.2, 0) is 16.0 Å². The number of ether oxygens (including phenoxy) is 3. The van der Waals surface area contributed by atoms with Gasteiger partial charge in [0.2, 0.25) is 0 Å². The SMILES string of the molecule is COc1ccc(CC(=O)OCC(=O)c2ccc(C)c(C)c2)c(OC)c1. The first-order valence-corrected chi connectivity index (χ1v) is 7.91. The zero-order valence-electron chi connectivity index (χ0n) is 14.9. The number of methoxy groups -OCH3 is 2. The number of esters is 1. The highest BCUT2D eigenvalue weighted by Crippen LogP contribution is 2.25. The number of ketones is 1. The van der Waals surface area contributed by atoms with Crippen LogP contribution in [0.15, 0.2) is 36.4 Å². The summed E-state index contributed by atoms with van der Waals surface area (Å²) in [6, 6.07) is 10.6. The van der Waals surface area contributed by atoms with Gasteiger partial charge in [-0.15, -0.1) is 0 Å². The van der Waals surface area contributed by atoms with Crippen LogP contribution in [0.5, 0.6) is 11.5 Å². The highest BCUT2D eigenvalue weighted by Gasteiger charge is 2.14. The Bertz CT molecular complexity index is 780. The minimum Gasteiger partial charge on any atom is -0.497 e. The second kappa shape index (κ2) is 8.33. The van der Waals surface area contributed by atoms with Crippen molar-refractivity contribution in [3.63, 3.8) is 0 Å². The molecule has 0 atom stereocenters. The van der Waals surface area contributed by atoms with Crippen molar-refractivity contribution in [2.75, 3.05) is 20.8 Å². The Labute approximate surface area is 147 Å². The predicted molar refractivity (Wildman–Crippen MR) is 94.5 cm³/mol. The maximum atomic E-state index is 12.2. The van der Waals surface area contributed by atoms with Crippen LogP contribution < -0.4 is 9.47 Å². The van der Waals surface area contributed by atoms with E-state index in [1.165, 1.54) is 7.11 Å². The molecular formula is C20H22O5. The van der Waals surface area contributed by atoms with Crippen LogP contribution in [0.2, 0.25) is 0 Å². The molecule has 0 radical (unpaired) electrons. The fourth-order valence-electron chi connectivity index (χ4n) is 2.35. The van der Waals surface area contributed by atoms with Gasteiger partial charge in [-0.2, -0.15) is 0 Å². The van der Waals surface area contributed by atoms with Crippen LogP contribution in [0, 0.1) is 13.8 Å². The molecule has 0 spiro atoms. The van der Waals surface area contributed by atoms with Gasteiger partial charge in [-0.05, 0) is 37.1 Å². The Kier molecular flexibility index (Phi) is 6.17. The third kappa shape index (κ3) is 4.83. The number of Topliss-reactive ketones (excluding diaryl/α,β-unsaturated/α-hetero) is 1. The van der Waals surface area contributed by atoms with E-state index in [4.69, 9.17) is 14.2 Å². The maximum Gasteiger partial charge on any atom is 0.310 e. The molecule has 0 amide bonds. The molecule has 5 nitrogen and oxygen atoms in total. The monoisotopic (exact) mass is 342 g/mol. The molecule has 0 bridgehead atoms. The molecule has 0 fully saturated rings. The van der Waals surface area contributed by atoms with E-state index in [2.05, 4.69) is 0 Å². The van der Waals surface area contributed by atoms with E-state index in [-0.39, 0.29) is 18.8 Å². The smallest absolute Gasteiger partial charge is 0.310 e. The second-order valence-corrected chi connectivity index (χ2v) is 5.74. The van der Waals surface area contributed by atoms with Crippen LogP contribution in [0.4, 0.5) is 0 Å². The molecule has 0 unspecified atom stereocenters. The Morgan fingerprint density at radius 1 is 0.920 bits per heavy atom. The quantitative estimate of drug-likeness (QED) is 0.571. The molecular weight excluding hydrogens is 320 g/mol. The highest BCUT2D eigenvalue weighted by atomic mass is 16.5. The molecule has 0 aliphatic rings. The fourth-order valence-corrected chi connectivity index (χ4v) is 2.35. The van der Waals surface area contributed by atoms with Gasteiger partial charge in [0.05, 0.1) is 20.6 Å². The van der Waals surface area contributed by atoms with Gasteiger partial charge in [0, 0.05) is 17.2 Å². The standard InChI is InChI=1S/C20H22O5/c1-13-5-6-15(9-14(13)2)18(21)12-25-20(22)10-16-7-8-17(23-3)11-19(16)24-4/h5-9,11H,10,12H2,1-4H3. The summed E-state index contributed by atoms with van der Waals surface area (Å²) in [6.07, 6.45) is 0.0212. The first kappa shape index (κ1) is 18.5. The number of carbonyl (C=O) groups excluding carboxylic acids is 2. The van der Waals surface area contributed by atoms with E-state index < -0.39 is 5.97 Å². The molecule has 132 valence electrons. The molecule has 0 saturated heterocycles. The average Bonchev–Trinajstić information content (AvgIpc) is 2.62. The Hall–Kier alpha value is -2.82. The number of rotatable bonds is 7. The summed E-state index contributed by atoms with van der Waals surface area (Å²) in [4.78, 5) is 24.2. The van der Waals surface area contributed by atoms with Gasteiger partial charge in [0.25, 0.3) is 0 Å². The first-order chi connectivity index (χ1) is 11.9. The number of benzene rings is 2. The van der Waals surface area contributed by atoms with Gasteiger partial charge in [0.15, 0.2) is 12.4 Å². The lowest BCUT2D eigenvalue weighted by molar-refractivity contribution is -0.141. The molecule has 2 aromatic rings. The zero-order valence-corrected chi connectivity index (χ0v) is 14.9. The second-order valence-electron chi connectivity index (χ2n) is 5.74. The minimum atomic E-state index is -0.486. The van der Waals surface area contributed by atoms with E-state index >= 15 is 0 Å². The van der Waals surface area contributed by atoms with Crippen molar-refractivity contribution in [1.82, 2.24) is 0 Å². The van der Waals surface area contributed by atoms with Crippen molar-refractivity contribution in [3.8, 4) is 11.5 Å². The third-order valence-corrected chi connectivity index (χ3v) is 4.02. The van der Waals surface area contributed by atoms with Gasteiger partial charge in [-0.1, -0.05) is 18.2 Å². The number of carbonyl (C=O) groups is 2. The predicted octanol–water partition coefficient (Wildman–Crippen LogP) is 3.29. The lowest BCUT2D eigenvalue weighted by Gasteiger charge is -2.10. The molecule has 2 aromatic carbocycles.